The molecule has 16 heavy (non-hydrogen) atoms. The highest BCUT2D eigenvalue weighted by Gasteiger charge is 2.35. The zero-order chi connectivity index (χ0) is 12.1. The first-order chi connectivity index (χ1) is 7.56. The zero-order valence-corrected chi connectivity index (χ0v) is 9.39. The van der Waals surface area contributed by atoms with Gasteiger partial charge in [0.05, 0.1) is 0 Å². The number of carboxylic acid groups (broad SMARTS) is 1. The van der Waals surface area contributed by atoms with Gasteiger partial charge in [0, 0.05) is 6.54 Å². The molecule has 0 aromatic heterocycles. The normalized spacial score (nSPS) is 24.9. The molecule has 5 heteroatoms. The highest BCUT2D eigenvalue weighted by atomic mass is 16.6. The van der Waals surface area contributed by atoms with Crippen molar-refractivity contribution in [2.45, 2.75) is 25.8 Å². The van der Waals surface area contributed by atoms with Crippen LogP contribution in [0.4, 0.5) is 4.79 Å². The number of hydrogen-bond donors (Lipinski definition) is 1. The second kappa shape index (κ2) is 5.53. The number of rotatable bonds is 3. The summed E-state index contributed by atoms with van der Waals surface area (Å²) in [7, 11) is 0. The molecule has 1 rings (SSSR count). The molecule has 1 N–H and O–H groups in total. The van der Waals surface area contributed by atoms with Gasteiger partial charge < -0.3 is 9.84 Å². The topological polar surface area (TPSA) is 66.8 Å². The summed E-state index contributed by atoms with van der Waals surface area (Å²) < 4.78 is 4.86. The number of nitrogens with zero attached hydrogens (tertiary/aromatic N) is 1. The van der Waals surface area contributed by atoms with Crippen LogP contribution in [0.15, 0.2) is 12.7 Å². The van der Waals surface area contributed by atoms with Crippen LogP contribution in [0.2, 0.25) is 0 Å². The first kappa shape index (κ1) is 12.5. The van der Waals surface area contributed by atoms with E-state index in [1.165, 1.54) is 11.0 Å². The predicted octanol–water partition coefficient (Wildman–Crippen LogP) is 1.49. The predicted molar refractivity (Wildman–Crippen MR) is 58.1 cm³/mol. The van der Waals surface area contributed by atoms with Crippen LogP contribution < -0.4 is 0 Å². The van der Waals surface area contributed by atoms with E-state index < -0.39 is 18.1 Å². The average Bonchev–Trinajstić information content (AvgIpc) is 2.25. The summed E-state index contributed by atoms with van der Waals surface area (Å²) in [6.45, 7) is 5.97. The van der Waals surface area contributed by atoms with E-state index in [-0.39, 0.29) is 6.61 Å². The van der Waals surface area contributed by atoms with Crippen molar-refractivity contribution in [2.24, 2.45) is 5.92 Å². The van der Waals surface area contributed by atoms with E-state index in [1.54, 1.807) is 0 Å². The van der Waals surface area contributed by atoms with E-state index in [2.05, 4.69) is 6.58 Å². The molecule has 0 aromatic carbocycles. The van der Waals surface area contributed by atoms with Crippen molar-refractivity contribution in [3.05, 3.63) is 12.7 Å². The summed E-state index contributed by atoms with van der Waals surface area (Å²) in [6, 6.07) is -0.756. The van der Waals surface area contributed by atoms with Gasteiger partial charge in [-0.25, -0.2) is 9.59 Å². The minimum absolute atomic E-state index is 0.107. The molecule has 1 heterocycles. The molecule has 0 spiro atoms. The van der Waals surface area contributed by atoms with Crippen LogP contribution in [0.1, 0.15) is 19.8 Å². The van der Waals surface area contributed by atoms with Crippen LogP contribution in [-0.2, 0) is 9.53 Å². The Bertz CT molecular complexity index is 290. The maximum atomic E-state index is 11.6. The lowest BCUT2D eigenvalue weighted by molar-refractivity contribution is -0.144. The third-order valence-corrected chi connectivity index (χ3v) is 2.66. The number of carbonyl (C=O) groups excluding carboxylic acids is 1. The van der Waals surface area contributed by atoms with Crippen molar-refractivity contribution in [3.8, 4) is 0 Å². The van der Waals surface area contributed by atoms with Crippen LogP contribution in [0.3, 0.4) is 0 Å². The molecule has 0 radical (unpaired) electrons. The van der Waals surface area contributed by atoms with Gasteiger partial charge in [0.2, 0.25) is 0 Å². The fraction of sp³-hybridized carbons (Fsp3) is 0.636. The van der Waals surface area contributed by atoms with Crippen molar-refractivity contribution >= 4 is 12.1 Å². The Balaban J connectivity index is 2.66. The molecule has 2 atom stereocenters. The van der Waals surface area contributed by atoms with Gasteiger partial charge in [0.25, 0.3) is 0 Å². The first-order valence-electron chi connectivity index (χ1n) is 5.33. The van der Waals surface area contributed by atoms with E-state index in [9.17, 15) is 9.59 Å². The number of likely N-dealkylation sites (tertiary alicyclic amines) is 1. The SMILES string of the molecule is C=CCOC(=O)N1C[C@@H](C)CC[C@H]1C(=O)O. The van der Waals surface area contributed by atoms with E-state index in [0.29, 0.717) is 18.9 Å². The summed E-state index contributed by atoms with van der Waals surface area (Å²) in [6.07, 6.45) is 2.20. The summed E-state index contributed by atoms with van der Waals surface area (Å²) >= 11 is 0. The van der Waals surface area contributed by atoms with Crippen molar-refractivity contribution < 1.29 is 19.4 Å². The van der Waals surface area contributed by atoms with Crippen LogP contribution in [0.5, 0.6) is 0 Å². The van der Waals surface area contributed by atoms with E-state index in [0.717, 1.165) is 6.42 Å². The smallest absolute Gasteiger partial charge is 0.410 e. The third kappa shape index (κ3) is 2.98. The van der Waals surface area contributed by atoms with Gasteiger partial charge in [-0.05, 0) is 18.8 Å². The summed E-state index contributed by atoms with van der Waals surface area (Å²) in [5.41, 5.74) is 0. The molecule has 0 aromatic rings. The van der Waals surface area contributed by atoms with Crippen LogP contribution in [0, 0.1) is 5.92 Å². The molecule has 1 fully saturated rings. The Morgan fingerprint density at radius 2 is 2.25 bits per heavy atom. The fourth-order valence-electron chi connectivity index (χ4n) is 1.82. The van der Waals surface area contributed by atoms with Gasteiger partial charge in [-0.2, -0.15) is 0 Å². The Kier molecular flexibility index (Phi) is 4.34. The lowest BCUT2D eigenvalue weighted by Crippen LogP contribution is -2.50. The van der Waals surface area contributed by atoms with E-state index >= 15 is 0 Å². The van der Waals surface area contributed by atoms with E-state index in [4.69, 9.17) is 9.84 Å². The molecule has 0 bridgehead atoms. The molecular formula is C11H17NO4. The Labute approximate surface area is 94.7 Å². The molecule has 0 unspecified atom stereocenters. The molecule has 1 amide bonds. The maximum Gasteiger partial charge on any atom is 0.410 e. The third-order valence-electron chi connectivity index (χ3n) is 2.66. The zero-order valence-electron chi connectivity index (χ0n) is 9.39. The lowest BCUT2D eigenvalue weighted by atomic mass is 9.95. The lowest BCUT2D eigenvalue weighted by Gasteiger charge is -2.35. The number of ether oxygens (including phenoxy) is 1. The van der Waals surface area contributed by atoms with Crippen LogP contribution in [-0.4, -0.2) is 41.3 Å². The number of carboxylic acids is 1. The monoisotopic (exact) mass is 227 g/mol. The number of piperidine rings is 1. The maximum absolute atomic E-state index is 11.6. The molecule has 0 saturated carbocycles. The standard InChI is InChI=1S/C11H17NO4/c1-3-6-16-11(15)12-7-8(2)4-5-9(12)10(13)14/h3,8-9H,1,4-7H2,2H3,(H,13,14)/t8-,9-/m0/s1. The Morgan fingerprint density at radius 3 is 2.81 bits per heavy atom. The van der Waals surface area contributed by atoms with Gasteiger partial charge in [-0.15, -0.1) is 0 Å². The largest absolute Gasteiger partial charge is 0.480 e. The van der Waals surface area contributed by atoms with Crippen LogP contribution in [0.25, 0.3) is 0 Å². The summed E-state index contributed by atoms with van der Waals surface area (Å²) in [5.74, 6) is -0.658. The molecular weight excluding hydrogens is 210 g/mol. The quantitative estimate of drug-likeness (QED) is 0.742. The van der Waals surface area contributed by atoms with E-state index in [1.807, 2.05) is 6.92 Å². The number of aliphatic carboxylic acids is 1. The second-order valence-corrected chi connectivity index (χ2v) is 4.05. The highest BCUT2D eigenvalue weighted by Crippen LogP contribution is 2.22. The molecule has 0 aliphatic carbocycles. The van der Waals surface area contributed by atoms with Crippen molar-refractivity contribution in [1.82, 2.24) is 4.90 Å². The van der Waals surface area contributed by atoms with Gasteiger partial charge in [-0.1, -0.05) is 19.6 Å². The Morgan fingerprint density at radius 1 is 1.56 bits per heavy atom. The summed E-state index contributed by atoms with van der Waals surface area (Å²) in [5, 5.41) is 9.00. The summed E-state index contributed by atoms with van der Waals surface area (Å²) in [4.78, 5) is 23.9. The first-order valence-corrected chi connectivity index (χ1v) is 5.33. The molecule has 1 aliphatic rings. The van der Waals surface area contributed by atoms with Gasteiger partial charge >= 0.3 is 12.1 Å². The minimum Gasteiger partial charge on any atom is -0.480 e. The molecule has 1 aliphatic heterocycles. The fourth-order valence-corrected chi connectivity index (χ4v) is 1.82. The molecule has 90 valence electrons. The number of hydrogen-bond acceptors (Lipinski definition) is 3. The van der Waals surface area contributed by atoms with Crippen LogP contribution >= 0.6 is 0 Å². The molecule has 1 saturated heterocycles. The van der Waals surface area contributed by atoms with Crippen molar-refractivity contribution in [2.75, 3.05) is 13.2 Å². The van der Waals surface area contributed by atoms with Gasteiger partial charge in [0.1, 0.15) is 12.6 Å². The Hall–Kier alpha value is -1.52. The number of carbonyl (C=O) groups is 2. The minimum atomic E-state index is -0.970. The van der Waals surface area contributed by atoms with Gasteiger partial charge in [0.15, 0.2) is 0 Å². The average molecular weight is 227 g/mol. The highest BCUT2D eigenvalue weighted by molar-refractivity contribution is 5.80. The van der Waals surface area contributed by atoms with Crippen molar-refractivity contribution in [3.63, 3.8) is 0 Å². The second-order valence-electron chi connectivity index (χ2n) is 4.05. The van der Waals surface area contributed by atoms with Gasteiger partial charge in [-0.3, -0.25) is 4.90 Å². The van der Waals surface area contributed by atoms with Crippen molar-refractivity contribution in [1.29, 1.82) is 0 Å². The number of amides is 1. The molecule has 5 nitrogen and oxygen atoms in total.